The molecule has 6 aromatic carbocycles. The van der Waals surface area contributed by atoms with Gasteiger partial charge in [0.1, 0.15) is 0 Å². The SMILES string of the molecule is Cc1ccc(-c2ccc(-c3nc(C4=CC=CC(C)C4)cc(-c4ccccc4)n3)cc2)cc1.Cc1ccc(C2=NC(c3ccccc3)CC(c3cccc(C)c3)=N2)cc1. The van der Waals surface area contributed by atoms with Crippen molar-refractivity contribution in [2.75, 3.05) is 0 Å². The Morgan fingerprint density at radius 2 is 1.07 bits per heavy atom. The van der Waals surface area contributed by atoms with Crippen molar-refractivity contribution in [1.82, 2.24) is 9.97 Å². The van der Waals surface area contributed by atoms with Gasteiger partial charge in [-0.05, 0) is 67.0 Å². The van der Waals surface area contributed by atoms with E-state index in [9.17, 15) is 0 Å². The molecule has 1 aliphatic heterocycles. The van der Waals surface area contributed by atoms with E-state index in [0.29, 0.717) is 5.92 Å². The van der Waals surface area contributed by atoms with Crippen LogP contribution in [0.4, 0.5) is 0 Å². The molecule has 1 aromatic heterocycles. The first-order valence-corrected chi connectivity index (χ1v) is 20.2. The summed E-state index contributed by atoms with van der Waals surface area (Å²) in [7, 11) is 0. The highest BCUT2D eigenvalue weighted by molar-refractivity contribution is 6.14. The third kappa shape index (κ3) is 9.25. The fourth-order valence-electron chi connectivity index (χ4n) is 7.38. The Hall–Kier alpha value is -6.78. The molecule has 284 valence electrons. The monoisotopic (exact) mass is 752 g/mol. The van der Waals surface area contributed by atoms with Gasteiger partial charge in [-0.15, -0.1) is 0 Å². The number of aliphatic imine (C=N–C) groups is 2. The maximum Gasteiger partial charge on any atom is 0.160 e. The lowest BCUT2D eigenvalue weighted by Gasteiger charge is -2.21. The number of aromatic nitrogens is 2. The Morgan fingerprint density at radius 3 is 1.72 bits per heavy atom. The summed E-state index contributed by atoms with van der Waals surface area (Å²) < 4.78 is 0. The fourth-order valence-corrected chi connectivity index (χ4v) is 7.38. The highest BCUT2D eigenvalue weighted by Gasteiger charge is 2.22. The highest BCUT2D eigenvalue weighted by atomic mass is 15.0. The Bertz CT molecular complexity index is 2620. The molecule has 7 aromatic rings. The maximum atomic E-state index is 4.99. The van der Waals surface area contributed by atoms with Gasteiger partial charge < -0.3 is 0 Å². The van der Waals surface area contributed by atoms with Crippen LogP contribution in [0.1, 0.15) is 64.9 Å². The summed E-state index contributed by atoms with van der Waals surface area (Å²) in [6.45, 7) is 8.57. The highest BCUT2D eigenvalue weighted by Crippen LogP contribution is 2.32. The minimum Gasteiger partial charge on any atom is -0.258 e. The molecule has 0 bridgehead atoms. The first kappa shape index (κ1) is 38.1. The van der Waals surface area contributed by atoms with E-state index in [1.165, 1.54) is 44.5 Å². The number of aryl methyl sites for hydroxylation is 3. The molecule has 0 saturated carbocycles. The minimum atomic E-state index is 0.0977. The molecule has 1 aliphatic carbocycles. The normalized spacial score (nSPS) is 16.0. The van der Waals surface area contributed by atoms with Gasteiger partial charge in [-0.25, -0.2) is 15.0 Å². The second kappa shape index (κ2) is 17.6. The Labute approximate surface area is 343 Å². The first-order valence-electron chi connectivity index (χ1n) is 20.2. The topological polar surface area (TPSA) is 50.5 Å². The molecular formula is C54H48N4. The van der Waals surface area contributed by atoms with Gasteiger partial charge in [0.15, 0.2) is 11.7 Å². The van der Waals surface area contributed by atoms with E-state index in [1.54, 1.807) is 0 Å². The quantitative estimate of drug-likeness (QED) is 0.163. The Morgan fingerprint density at radius 1 is 0.483 bits per heavy atom. The van der Waals surface area contributed by atoms with Gasteiger partial charge in [-0.3, -0.25) is 4.99 Å². The summed E-state index contributed by atoms with van der Waals surface area (Å²) in [5.74, 6) is 2.10. The van der Waals surface area contributed by atoms with Crippen LogP contribution in [0, 0.1) is 26.7 Å². The molecule has 4 nitrogen and oxygen atoms in total. The van der Waals surface area contributed by atoms with E-state index in [-0.39, 0.29) is 6.04 Å². The zero-order valence-electron chi connectivity index (χ0n) is 33.7. The van der Waals surface area contributed by atoms with Gasteiger partial charge in [-0.2, -0.15) is 0 Å². The Kier molecular flexibility index (Phi) is 11.5. The van der Waals surface area contributed by atoms with E-state index in [1.807, 2.05) is 12.1 Å². The van der Waals surface area contributed by atoms with Gasteiger partial charge >= 0.3 is 0 Å². The van der Waals surface area contributed by atoms with E-state index in [2.05, 4.69) is 198 Å². The van der Waals surface area contributed by atoms with Crippen molar-refractivity contribution in [2.24, 2.45) is 15.9 Å². The van der Waals surface area contributed by atoms with Crippen LogP contribution in [0.15, 0.2) is 192 Å². The summed E-state index contributed by atoms with van der Waals surface area (Å²) >= 11 is 0. The second-order valence-corrected chi connectivity index (χ2v) is 15.4. The van der Waals surface area contributed by atoms with Gasteiger partial charge in [0.2, 0.25) is 0 Å². The van der Waals surface area contributed by atoms with Gasteiger partial charge in [-0.1, -0.05) is 200 Å². The maximum absolute atomic E-state index is 4.99. The average molecular weight is 753 g/mol. The standard InChI is InChI=1S/C30H26N2.C24H22N2/c1-21-11-13-23(14-12-21)24-15-17-26(18-16-24)30-31-28(25-8-4-3-5-9-25)20-29(32-30)27-10-6-7-22(2)19-27;1-17-11-13-20(14-12-17)24-25-22(19-8-4-3-5-9-19)16-23(26-24)21-10-6-7-18(2)15-21/h3-18,20,22H,19H2,1-2H3;3-15,22H,16H2,1-2H3. The van der Waals surface area contributed by atoms with Crippen molar-refractivity contribution in [3.05, 3.63) is 221 Å². The summed E-state index contributed by atoms with van der Waals surface area (Å²) in [4.78, 5) is 19.8. The molecule has 2 atom stereocenters. The van der Waals surface area contributed by atoms with Gasteiger partial charge in [0, 0.05) is 23.1 Å². The second-order valence-electron chi connectivity index (χ2n) is 15.4. The molecule has 4 heteroatoms. The number of rotatable bonds is 7. The van der Waals surface area contributed by atoms with E-state index in [0.717, 1.165) is 58.3 Å². The molecule has 2 heterocycles. The number of allylic oxidation sites excluding steroid dienone is 4. The van der Waals surface area contributed by atoms with Gasteiger partial charge in [0.25, 0.3) is 0 Å². The predicted octanol–water partition coefficient (Wildman–Crippen LogP) is 13.4. The van der Waals surface area contributed by atoms with Crippen LogP contribution in [0.2, 0.25) is 0 Å². The third-order valence-corrected chi connectivity index (χ3v) is 10.7. The fraction of sp³-hybridized carbons (Fsp3) is 0.148. The molecule has 0 spiro atoms. The van der Waals surface area contributed by atoms with Gasteiger partial charge in [0.05, 0.1) is 23.1 Å². The summed E-state index contributed by atoms with van der Waals surface area (Å²) in [5, 5.41) is 0. The smallest absolute Gasteiger partial charge is 0.160 e. The number of benzene rings is 6. The molecule has 0 N–H and O–H groups in total. The number of amidine groups is 1. The molecular weight excluding hydrogens is 705 g/mol. The van der Waals surface area contributed by atoms with Crippen molar-refractivity contribution in [3.8, 4) is 33.8 Å². The van der Waals surface area contributed by atoms with Crippen LogP contribution >= 0.6 is 0 Å². The molecule has 0 saturated heterocycles. The van der Waals surface area contributed by atoms with Crippen LogP contribution in [0.25, 0.3) is 39.3 Å². The van der Waals surface area contributed by atoms with Crippen LogP contribution in [-0.4, -0.2) is 21.5 Å². The summed E-state index contributed by atoms with van der Waals surface area (Å²) in [6.07, 6.45) is 8.38. The largest absolute Gasteiger partial charge is 0.258 e. The van der Waals surface area contributed by atoms with Crippen LogP contribution in [0.5, 0.6) is 0 Å². The first-order chi connectivity index (χ1) is 28.3. The van der Waals surface area contributed by atoms with Crippen molar-refractivity contribution in [3.63, 3.8) is 0 Å². The third-order valence-electron chi connectivity index (χ3n) is 10.7. The molecule has 0 fully saturated rings. The van der Waals surface area contributed by atoms with E-state index < -0.39 is 0 Å². The average Bonchev–Trinajstić information content (AvgIpc) is 3.27. The lowest BCUT2D eigenvalue weighted by atomic mass is 9.93. The number of hydrogen-bond donors (Lipinski definition) is 0. The summed E-state index contributed by atoms with van der Waals surface area (Å²) in [6, 6.07) is 57.3. The van der Waals surface area contributed by atoms with Crippen molar-refractivity contribution < 1.29 is 0 Å². The zero-order valence-corrected chi connectivity index (χ0v) is 33.7. The lowest BCUT2D eigenvalue weighted by Crippen LogP contribution is -2.17. The molecule has 2 aliphatic rings. The molecule has 9 rings (SSSR count). The van der Waals surface area contributed by atoms with Crippen molar-refractivity contribution in [1.29, 1.82) is 0 Å². The van der Waals surface area contributed by atoms with Crippen LogP contribution in [0.3, 0.4) is 0 Å². The van der Waals surface area contributed by atoms with Crippen LogP contribution < -0.4 is 0 Å². The summed E-state index contributed by atoms with van der Waals surface area (Å²) in [5.41, 5.74) is 16.1. The zero-order chi connectivity index (χ0) is 39.8. The van der Waals surface area contributed by atoms with E-state index >= 15 is 0 Å². The molecule has 2 unspecified atom stereocenters. The molecule has 0 amide bonds. The minimum absolute atomic E-state index is 0.0977. The molecule has 0 radical (unpaired) electrons. The number of nitrogens with zero attached hydrogens (tertiary/aromatic N) is 4. The lowest BCUT2D eigenvalue weighted by molar-refractivity contribution is 0.746. The van der Waals surface area contributed by atoms with Crippen molar-refractivity contribution >= 4 is 17.1 Å². The molecule has 58 heavy (non-hydrogen) atoms. The van der Waals surface area contributed by atoms with Crippen molar-refractivity contribution in [2.45, 2.75) is 46.6 Å². The predicted molar refractivity (Wildman–Crippen MR) is 243 cm³/mol. The van der Waals surface area contributed by atoms with E-state index in [4.69, 9.17) is 20.0 Å². The Balaban J connectivity index is 0.000000165. The van der Waals surface area contributed by atoms with Crippen LogP contribution in [-0.2, 0) is 0 Å². The number of hydrogen-bond acceptors (Lipinski definition) is 4.